The van der Waals surface area contributed by atoms with Crippen molar-refractivity contribution in [2.45, 2.75) is 39.3 Å². The molecule has 68 valence electrons. The van der Waals surface area contributed by atoms with Crippen molar-refractivity contribution in [1.29, 1.82) is 0 Å². The van der Waals surface area contributed by atoms with Crippen molar-refractivity contribution in [2.75, 3.05) is 0 Å². The molecule has 1 atom stereocenters. The largest absolute Gasteiger partial charge is 0.335 e. The lowest BCUT2D eigenvalue weighted by Crippen LogP contribution is -2.16. The maximum atomic E-state index is 5.66. The van der Waals surface area contributed by atoms with Crippen LogP contribution >= 0.6 is 0 Å². The van der Waals surface area contributed by atoms with Crippen LogP contribution in [0, 0.1) is 0 Å². The molecule has 2 N–H and O–H groups in total. The van der Waals surface area contributed by atoms with Gasteiger partial charge in [0.1, 0.15) is 5.82 Å². The number of hydrogen-bond acceptors (Lipinski definition) is 2. The highest BCUT2D eigenvalue weighted by Crippen LogP contribution is 2.02. The van der Waals surface area contributed by atoms with Crippen molar-refractivity contribution in [3.05, 3.63) is 18.2 Å². The zero-order chi connectivity index (χ0) is 8.97. The van der Waals surface area contributed by atoms with Gasteiger partial charge in [0.25, 0.3) is 0 Å². The van der Waals surface area contributed by atoms with E-state index >= 15 is 0 Å². The molecule has 1 rings (SSSR count). The Bertz CT molecular complexity index is 227. The van der Waals surface area contributed by atoms with Crippen LogP contribution in [0.1, 0.15) is 26.1 Å². The topological polar surface area (TPSA) is 43.8 Å². The Balaban J connectivity index is 2.50. The number of rotatable bonds is 4. The molecule has 0 amide bonds. The Labute approximate surface area is 73.6 Å². The molecule has 0 saturated heterocycles. The van der Waals surface area contributed by atoms with Gasteiger partial charge in [-0.25, -0.2) is 4.98 Å². The van der Waals surface area contributed by atoms with Crippen LogP contribution in [0.15, 0.2) is 12.4 Å². The quantitative estimate of drug-likeness (QED) is 0.732. The van der Waals surface area contributed by atoms with E-state index in [-0.39, 0.29) is 6.04 Å². The summed E-state index contributed by atoms with van der Waals surface area (Å²) in [6, 6.07) is 0.270. The van der Waals surface area contributed by atoms with Gasteiger partial charge in [-0.05, 0) is 20.3 Å². The highest BCUT2D eigenvalue weighted by atomic mass is 15.0. The van der Waals surface area contributed by atoms with E-state index < -0.39 is 0 Å². The fourth-order valence-electron chi connectivity index (χ4n) is 1.21. The van der Waals surface area contributed by atoms with Gasteiger partial charge < -0.3 is 10.3 Å². The molecule has 0 fully saturated rings. The van der Waals surface area contributed by atoms with Crippen molar-refractivity contribution in [2.24, 2.45) is 5.73 Å². The van der Waals surface area contributed by atoms with Crippen LogP contribution in [0.4, 0.5) is 0 Å². The third-order valence-corrected chi connectivity index (χ3v) is 1.97. The van der Waals surface area contributed by atoms with Crippen molar-refractivity contribution < 1.29 is 0 Å². The molecule has 0 aliphatic rings. The zero-order valence-corrected chi connectivity index (χ0v) is 7.83. The fraction of sp³-hybridized carbons (Fsp3) is 0.667. The lowest BCUT2D eigenvalue weighted by Gasteiger charge is -2.06. The summed E-state index contributed by atoms with van der Waals surface area (Å²) in [6.07, 6.45) is 5.85. The van der Waals surface area contributed by atoms with E-state index in [2.05, 4.69) is 16.5 Å². The average Bonchev–Trinajstić information content (AvgIpc) is 2.47. The highest BCUT2D eigenvalue weighted by molar-refractivity contribution is 4.92. The van der Waals surface area contributed by atoms with Gasteiger partial charge in [0, 0.05) is 31.4 Å². The molecule has 12 heavy (non-hydrogen) atoms. The smallest absolute Gasteiger partial charge is 0.108 e. The number of aromatic nitrogens is 2. The monoisotopic (exact) mass is 167 g/mol. The molecule has 0 spiro atoms. The molecule has 0 radical (unpaired) electrons. The number of nitrogens with two attached hydrogens (primary N) is 1. The van der Waals surface area contributed by atoms with Crippen molar-refractivity contribution in [3.8, 4) is 0 Å². The lowest BCUT2D eigenvalue weighted by atomic mass is 10.2. The summed E-state index contributed by atoms with van der Waals surface area (Å²) in [5.41, 5.74) is 5.66. The molecule has 0 unspecified atom stereocenters. The lowest BCUT2D eigenvalue weighted by molar-refractivity contribution is 0.613. The molecule has 1 aromatic rings. The normalized spacial score (nSPS) is 13.2. The van der Waals surface area contributed by atoms with Crippen LogP contribution in [0.3, 0.4) is 0 Å². The minimum Gasteiger partial charge on any atom is -0.335 e. The van der Waals surface area contributed by atoms with E-state index in [9.17, 15) is 0 Å². The summed E-state index contributed by atoms with van der Waals surface area (Å²) in [5, 5.41) is 0. The van der Waals surface area contributed by atoms with E-state index in [4.69, 9.17) is 5.73 Å². The highest BCUT2D eigenvalue weighted by Gasteiger charge is 2.01. The van der Waals surface area contributed by atoms with E-state index in [1.165, 1.54) is 0 Å². The maximum Gasteiger partial charge on any atom is 0.108 e. The van der Waals surface area contributed by atoms with Gasteiger partial charge >= 0.3 is 0 Å². The summed E-state index contributed by atoms with van der Waals surface area (Å²) in [4.78, 5) is 4.27. The first-order valence-corrected chi connectivity index (χ1v) is 4.49. The van der Waals surface area contributed by atoms with Gasteiger partial charge in [-0.1, -0.05) is 0 Å². The minimum absolute atomic E-state index is 0.270. The number of aryl methyl sites for hydroxylation is 2. The molecule has 1 aromatic heterocycles. The maximum absolute atomic E-state index is 5.66. The molecule has 0 aromatic carbocycles. The SMILES string of the molecule is CCn1ccnc1CC[C@@H](C)N. The van der Waals surface area contributed by atoms with E-state index in [0.717, 1.165) is 25.2 Å². The number of imidazole rings is 1. The molecule has 0 aliphatic heterocycles. The summed E-state index contributed by atoms with van der Waals surface area (Å²) in [7, 11) is 0. The first kappa shape index (κ1) is 9.26. The van der Waals surface area contributed by atoms with Crippen molar-refractivity contribution >= 4 is 0 Å². The van der Waals surface area contributed by atoms with Crippen LogP contribution in [0.5, 0.6) is 0 Å². The second kappa shape index (κ2) is 4.26. The van der Waals surface area contributed by atoms with Gasteiger partial charge in [-0.3, -0.25) is 0 Å². The molecule has 0 saturated carbocycles. The first-order valence-electron chi connectivity index (χ1n) is 4.49. The first-order chi connectivity index (χ1) is 5.74. The molecule has 1 heterocycles. The molecule has 0 bridgehead atoms. The number of hydrogen-bond donors (Lipinski definition) is 1. The molecule has 3 nitrogen and oxygen atoms in total. The molecule has 3 heteroatoms. The number of nitrogens with zero attached hydrogens (tertiary/aromatic N) is 2. The third kappa shape index (κ3) is 2.34. The zero-order valence-electron chi connectivity index (χ0n) is 7.83. The van der Waals surface area contributed by atoms with E-state index in [1.54, 1.807) is 0 Å². The minimum atomic E-state index is 0.270. The van der Waals surface area contributed by atoms with Gasteiger partial charge in [0.05, 0.1) is 0 Å². The van der Waals surface area contributed by atoms with Gasteiger partial charge in [0.2, 0.25) is 0 Å². The average molecular weight is 167 g/mol. The Morgan fingerprint density at radius 3 is 3.00 bits per heavy atom. The van der Waals surface area contributed by atoms with Crippen LogP contribution in [-0.2, 0) is 13.0 Å². The van der Waals surface area contributed by atoms with Crippen LogP contribution in [0.25, 0.3) is 0 Å². The Kier molecular flexibility index (Phi) is 3.29. The Morgan fingerprint density at radius 1 is 1.67 bits per heavy atom. The standard InChI is InChI=1S/C9H17N3/c1-3-12-7-6-11-9(12)5-4-8(2)10/h6-8H,3-5,10H2,1-2H3/t8-/m1/s1. The predicted molar refractivity (Wildman–Crippen MR) is 49.9 cm³/mol. The van der Waals surface area contributed by atoms with E-state index in [0.29, 0.717) is 0 Å². The third-order valence-electron chi connectivity index (χ3n) is 1.97. The predicted octanol–water partition coefficient (Wildman–Crippen LogP) is 1.18. The fourth-order valence-corrected chi connectivity index (χ4v) is 1.21. The van der Waals surface area contributed by atoms with Crippen LogP contribution < -0.4 is 5.73 Å². The molecular formula is C9H17N3. The molecular weight excluding hydrogens is 150 g/mol. The summed E-state index contributed by atoms with van der Waals surface area (Å²) < 4.78 is 2.16. The van der Waals surface area contributed by atoms with Gasteiger partial charge in [-0.15, -0.1) is 0 Å². The molecule has 0 aliphatic carbocycles. The summed E-state index contributed by atoms with van der Waals surface area (Å²) in [5.74, 6) is 1.15. The van der Waals surface area contributed by atoms with Crippen molar-refractivity contribution in [3.63, 3.8) is 0 Å². The van der Waals surface area contributed by atoms with Crippen LogP contribution in [0.2, 0.25) is 0 Å². The van der Waals surface area contributed by atoms with E-state index in [1.807, 2.05) is 19.3 Å². The Morgan fingerprint density at radius 2 is 2.42 bits per heavy atom. The van der Waals surface area contributed by atoms with Gasteiger partial charge in [0.15, 0.2) is 0 Å². The van der Waals surface area contributed by atoms with Crippen molar-refractivity contribution in [1.82, 2.24) is 9.55 Å². The second-order valence-electron chi connectivity index (χ2n) is 3.15. The summed E-state index contributed by atoms with van der Waals surface area (Å²) in [6.45, 7) is 5.14. The second-order valence-corrected chi connectivity index (χ2v) is 3.15. The Hall–Kier alpha value is -0.830. The van der Waals surface area contributed by atoms with Crippen LogP contribution in [-0.4, -0.2) is 15.6 Å². The van der Waals surface area contributed by atoms with Gasteiger partial charge in [-0.2, -0.15) is 0 Å². The summed E-state index contributed by atoms with van der Waals surface area (Å²) >= 11 is 0.